The number of hydrogen-bond donors (Lipinski definition) is 3. The third-order valence-corrected chi connectivity index (χ3v) is 8.30. The lowest BCUT2D eigenvalue weighted by Gasteiger charge is -2.16. The Morgan fingerprint density at radius 1 is 0.654 bits per heavy atom. The number of aliphatic hydroxyl groups excluding tert-OH is 2. The van der Waals surface area contributed by atoms with Crippen molar-refractivity contribution in [1.82, 2.24) is 0 Å². The van der Waals surface area contributed by atoms with E-state index in [1.807, 2.05) is 20.8 Å². The molecule has 308 valence electrons. The lowest BCUT2D eigenvalue weighted by atomic mass is 10.1. The van der Waals surface area contributed by atoms with E-state index in [0.29, 0.717) is 6.79 Å². The van der Waals surface area contributed by atoms with Crippen LogP contribution in [-0.2, 0) is 38.5 Å². The minimum absolute atomic E-state index is 0.00161. The Bertz CT molecular complexity index is 976. The summed E-state index contributed by atoms with van der Waals surface area (Å²) in [6.45, 7) is 8.73. The Morgan fingerprint density at radius 3 is 1.54 bits per heavy atom. The van der Waals surface area contributed by atoms with Gasteiger partial charge in [0, 0.05) is 48.3 Å². The number of methoxy groups -OCH3 is 3. The van der Waals surface area contributed by atoms with Crippen molar-refractivity contribution in [2.75, 3.05) is 61.7 Å². The molecule has 0 saturated heterocycles. The molecule has 0 unspecified atom stereocenters. The molecule has 0 spiro atoms. The minimum Gasteiger partial charge on any atom is -0.400 e. The molecule has 1 aromatic rings. The summed E-state index contributed by atoms with van der Waals surface area (Å²) in [5.41, 5.74) is 0.956. The number of ether oxygens (including phenoxy) is 6. The van der Waals surface area contributed by atoms with Crippen molar-refractivity contribution >= 4 is 10.1 Å². The number of hydrogen-bond acceptors (Lipinski definition) is 10. The van der Waals surface area contributed by atoms with Crippen molar-refractivity contribution in [3.63, 3.8) is 0 Å². The molecule has 0 aromatic heterocycles. The lowest BCUT2D eigenvalue weighted by Crippen LogP contribution is -2.17. The van der Waals surface area contributed by atoms with Gasteiger partial charge in [-0.3, -0.25) is 4.55 Å². The Morgan fingerprint density at radius 2 is 1.10 bits per heavy atom. The largest absolute Gasteiger partial charge is 0.400 e. The van der Waals surface area contributed by atoms with Gasteiger partial charge in [-0.1, -0.05) is 80.5 Å². The van der Waals surface area contributed by atoms with Gasteiger partial charge in [-0.2, -0.15) is 8.42 Å². The van der Waals surface area contributed by atoms with Gasteiger partial charge in [-0.25, -0.2) is 0 Å². The molecule has 11 nitrogen and oxygen atoms in total. The Hall–Kier alpha value is -1.71. The van der Waals surface area contributed by atoms with Gasteiger partial charge < -0.3 is 38.6 Å². The second kappa shape index (κ2) is 43.7. The van der Waals surface area contributed by atoms with E-state index in [1.54, 1.807) is 33.5 Å². The quantitative estimate of drug-likeness (QED) is 0.0299. The van der Waals surface area contributed by atoms with Crippen LogP contribution in [0.1, 0.15) is 122 Å². The highest BCUT2D eigenvalue weighted by Crippen LogP contribution is 2.13. The van der Waals surface area contributed by atoms with E-state index in [-0.39, 0.29) is 24.1 Å². The second-order valence-corrected chi connectivity index (χ2v) is 13.2. The van der Waals surface area contributed by atoms with Gasteiger partial charge in [0.1, 0.15) is 6.79 Å². The van der Waals surface area contributed by atoms with Crippen molar-refractivity contribution in [2.24, 2.45) is 0 Å². The topological polar surface area (TPSA) is 150 Å². The standard InChI is InChI=1S/C18H36O4.C14H28O3.C7H8O3S.CH4O/c1-4-21-18(22-5-2)15-13-11-9-7-6-8-10-12-14-16-20-17-19-3;1-16-14(17-2)12-10-8-6-4-3-5-7-9-11-13-15;1-6-2-4-7(5-3-6)11(8,9)10;1-2/h10,12,18H,4-9,11,13-17H2,1-3H3;7,9,14-15H,3-6,8,10-13H2,1-2H3;2-5H,1H3,(H,8,9,10);2H,1H3/b12-10+;9-7+;;. The molecule has 0 heterocycles. The SMILES string of the molecule is CCOC(CCCCCCC/C=C/CCOCOC)OCC.CO.COC(CCCCCCC/C=C/CCO)OC.Cc1ccc(S(=O)(=O)O)cc1. The van der Waals surface area contributed by atoms with Crippen LogP contribution in [0.3, 0.4) is 0 Å². The van der Waals surface area contributed by atoms with Gasteiger partial charge in [-0.15, -0.1) is 0 Å². The summed E-state index contributed by atoms with van der Waals surface area (Å²) >= 11 is 0. The number of benzene rings is 1. The third-order valence-electron chi connectivity index (χ3n) is 7.43. The predicted molar refractivity (Wildman–Crippen MR) is 211 cm³/mol. The first kappa shape index (κ1) is 54.6. The Balaban J connectivity index is -0.000000708. The normalized spacial score (nSPS) is 11.4. The number of aryl methyl sites for hydroxylation is 1. The van der Waals surface area contributed by atoms with Gasteiger partial charge in [0.25, 0.3) is 10.1 Å². The molecule has 1 aromatic carbocycles. The first-order valence-corrected chi connectivity index (χ1v) is 20.4. The molecule has 0 atom stereocenters. The molecule has 0 aliphatic heterocycles. The van der Waals surface area contributed by atoms with E-state index in [4.69, 9.17) is 43.2 Å². The molecule has 0 aliphatic carbocycles. The van der Waals surface area contributed by atoms with Crippen LogP contribution < -0.4 is 0 Å². The molecule has 0 amide bonds. The van der Waals surface area contributed by atoms with Crippen LogP contribution in [0.2, 0.25) is 0 Å². The summed E-state index contributed by atoms with van der Waals surface area (Å²) < 4.78 is 60.9. The zero-order chi connectivity index (χ0) is 39.6. The Labute approximate surface area is 317 Å². The van der Waals surface area contributed by atoms with Crippen LogP contribution in [0.4, 0.5) is 0 Å². The predicted octanol–water partition coefficient (Wildman–Crippen LogP) is 8.81. The van der Waals surface area contributed by atoms with Crippen molar-refractivity contribution < 1.29 is 51.6 Å². The molecule has 0 radical (unpaired) electrons. The molecule has 12 heteroatoms. The van der Waals surface area contributed by atoms with Crippen LogP contribution in [0, 0.1) is 6.92 Å². The number of unbranched alkanes of at least 4 members (excludes halogenated alkanes) is 10. The third kappa shape index (κ3) is 41.1. The van der Waals surface area contributed by atoms with E-state index in [0.717, 1.165) is 64.6 Å². The van der Waals surface area contributed by atoms with E-state index >= 15 is 0 Å². The molecule has 0 fully saturated rings. The first-order chi connectivity index (χ1) is 25.2. The second-order valence-electron chi connectivity index (χ2n) is 11.8. The maximum Gasteiger partial charge on any atom is 0.294 e. The van der Waals surface area contributed by atoms with Crippen molar-refractivity contribution in [2.45, 2.75) is 141 Å². The fraction of sp³-hybridized carbons (Fsp3) is 0.750. The van der Waals surface area contributed by atoms with Gasteiger partial charge >= 0.3 is 0 Å². The van der Waals surface area contributed by atoms with Crippen LogP contribution >= 0.6 is 0 Å². The zero-order valence-corrected chi connectivity index (χ0v) is 34.5. The molecule has 3 N–H and O–H groups in total. The average Bonchev–Trinajstić information content (AvgIpc) is 3.14. The monoisotopic (exact) mass is 765 g/mol. The number of allylic oxidation sites excluding steroid dienone is 2. The highest BCUT2D eigenvalue weighted by molar-refractivity contribution is 7.85. The molecule has 0 saturated carbocycles. The van der Waals surface area contributed by atoms with E-state index in [1.165, 1.54) is 82.8 Å². The van der Waals surface area contributed by atoms with E-state index < -0.39 is 10.1 Å². The maximum atomic E-state index is 10.5. The summed E-state index contributed by atoms with van der Waals surface area (Å²) in [4.78, 5) is -0.0666. The molecule has 0 bridgehead atoms. The summed E-state index contributed by atoms with van der Waals surface area (Å²) in [5.74, 6) is 0. The molecule has 1 rings (SSSR count). The highest BCUT2D eigenvalue weighted by Gasteiger charge is 2.08. The molecule has 52 heavy (non-hydrogen) atoms. The maximum absolute atomic E-state index is 10.5. The van der Waals surface area contributed by atoms with Gasteiger partial charge in [0.2, 0.25) is 0 Å². The summed E-state index contributed by atoms with van der Waals surface area (Å²) in [6.07, 6.45) is 27.3. The number of aliphatic hydroxyl groups is 2. The molecule has 0 aliphatic rings. The molecular formula is C40H76O11S. The summed E-state index contributed by atoms with van der Waals surface area (Å²) in [7, 11) is 2.00. The minimum atomic E-state index is -4.02. The fourth-order valence-corrected chi connectivity index (χ4v) is 5.16. The fourth-order valence-electron chi connectivity index (χ4n) is 4.68. The highest BCUT2D eigenvalue weighted by atomic mass is 32.2. The summed E-state index contributed by atoms with van der Waals surface area (Å²) in [6, 6.07) is 5.99. The van der Waals surface area contributed by atoms with Crippen LogP contribution in [-0.4, -0.2) is 97.4 Å². The first-order valence-electron chi connectivity index (χ1n) is 18.9. The van der Waals surface area contributed by atoms with Crippen LogP contribution in [0.5, 0.6) is 0 Å². The van der Waals surface area contributed by atoms with E-state index in [2.05, 4.69) is 24.3 Å². The van der Waals surface area contributed by atoms with E-state index in [9.17, 15) is 8.42 Å². The van der Waals surface area contributed by atoms with Crippen molar-refractivity contribution in [1.29, 1.82) is 0 Å². The van der Waals surface area contributed by atoms with Crippen molar-refractivity contribution in [3.05, 3.63) is 54.1 Å². The number of rotatable bonds is 30. The van der Waals surface area contributed by atoms with Crippen LogP contribution in [0.25, 0.3) is 0 Å². The smallest absolute Gasteiger partial charge is 0.294 e. The van der Waals surface area contributed by atoms with Gasteiger partial charge in [-0.05, 0) is 97.1 Å². The van der Waals surface area contributed by atoms with Crippen molar-refractivity contribution in [3.8, 4) is 0 Å². The zero-order valence-electron chi connectivity index (χ0n) is 33.6. The van der Waals surface area contributed by atoms with Gasteiger partial charge in [0.05, 0.1) is 11.5 Å². The summed E-state index contributed by atoms with van der Waals surface area (Å²) in [5, 5.41) is 15.6. The molecular weight excluding hydrogens is 688 g/mol. The van der Waals surface area contributed by atoms with Gasteiger partial charge in [0.15, 0.2) is 12.6 Å². The van der Waals surface area contributed by atoms with Crippen LogP contribution in [0.15, 0.2) is 53.5 Å². The average molecular weight is 765 g/mol. The Kier molecular flexibility index (Phi) is 45.9. The lowest BCUT2D eigenvalue weighted by molar-refractivity contribution is -0.140.